The Hall–Kier alpha value is 0.137. The molecule has 0 saturated heterocycles. The van der Waals surface area contributed by atoms with Crippen LogP contribution < -0.4 is 0 Å². The molecular weight excluding hydrogens is 168 g/mol. The lowest BCUT2D eigenvalue weighted by Crippen LogP contribution is -2.42. The molecule has 0 rings (SSSR count). The summed E-state index contributed by atoms with van der Waals surface area (Å²) in [4.78, 5) is 0. The monoisotopic (exact) mass is 190 g/mol. The number of aliphatic hydroxyl groups is 1. The van der Waals surface area contributed by atoms with Gasteiger partial charge in [0.05, 0.1) is 21.3 Å². The van der Waals surface area contributed by atoms with Gasteiger partial charge in [-0.1, -0.05) is 33.9 Å². The first-order valence-electron chi connectivity index (χ1n) is 4.50. The van der Waals surface area contributed by atoms with Crippen molar-refractivity contribution in [2.75, 3.05) is 19.4 Å². The predicted octanol–water partition coefficient (Wildman–Crippen LogP) is 2.04. The van der Waals surface area contributed by atoms with Crippen molar-refractivity contribution in [2.45, 2.75) is 38.9 Å². The molecule has 0 aliphatic rings. The Morgan fingerprint density at radius 2 is 1.75 bits per heavy atom. The molecule has 0 heterocycles. The SMILES string of the molecule is CC(C)(C)[Si](C)(C)COCCO. The molecule has 12 heavy (non-hydrogen) atoms. The lowest BCUT2D eigenvalue weighted by atomic mass is 10.2. The number of ether oxygens (including phenoxy) is 1. The van der Waals surface area contributed by atoms with E-state index in [0.29, 0.717) is 11.6 Å². The Balaban J connectivity index is 3.88. The highest BCUT2D eigenvalue weighted by atomic mass is 28.3. The molecule has 1 N–H and O–H groups in total. The molecule has 0 atom stereocenters. The van der Waals surface area contributed by atoms with Gasteiger partial charge in [0.2, 0.25) is 0 Å². The topological polar surface area (TPSA) is 29.5 Å². The van der Waals surface area contributed by atoms with Crippen LogP contribution >= 0.6 is 0 Å². The van der Waals surface area contributed by atoms with Crippen LogP contribution in [-0.4, -0.2) is 32.6 Å². The summed E-state index contributed by atoms with van der Waals surface area (Å²) < 4.78 is 5.39. The van der Waals surface area contributed by atoms with Crippen molar-refractivity contribution < 1.29 is 9.84 Å². The maximum Gasteiger partial charge on any atom is 0.0829 e. The summed E-state index contributed by atoms with van der Waals surface area (Å²) in [6, 6.07) is 0. The minimum absolute atomic E-state index is 0.134. The highest BCUT2D eigenvalue weighted by Gasteiger charge is 2.35. The molecule has 0 amide bonds. The Kier molecular flexibility index (Phi) is 4.44. The fraction of sp³-hybridized carbons (Fsp3) is 1.00. The predicted molar refractivity (Wildman–Crippen MR) is 55.1 cm³/mol. The molecule has 0 unspecified atom stereocenters. The third-order valence-electron chi connectivity index (χ3n) is 2.73. The Morgan fingerprint density at radius 1 is 1.25 bits per heavy atom. The number of rotatable bonds is 4. The van der Waals surface area contributed by atoms with Crippen LogP contribution in [0.3, 0.4) is 0 Å². The maximum atomic E-state index is 8.56. The van der Waals surface area contributed by atoms with E-state index < -0.39 is 8.07 Å². The summed E-state index contributed by atoms with van der Waals surface area (Å²) in [6.07, 6.45) is 0.844. The van der Waals surface area contributed by atoms with Gasteiger partial charge in [-0.15, -0.1) is 0 Å². The molecule has 0 bridgehead atoms. The average molecular weight is 190 g/mol. The first-order chi connectivity index (χ1) is 5.31. The molecule has 0 spiro atoms. The lowest BCUT2D eigenvalue weighted by Gasteiger charge is -2.36. The summed E-state index contributed by atoms with van der Waals surface area (Å²) in [5.41, 5.74) is 0. The fourth-order valence-electron chi connectivity index (χ4n) is 0.608. The molecule has 0 aromatic rings. The standard InChI is InChI=1S/C9H22O2Si/c1-9(2,3)12(4,5)8-11-7-6-10/h10H,6-8H2,1-5H3. The Morgan fingerprint density at radius 3 is 2.08 bits per heavy atom. The third kappa shape index (κ3) is 3.69. The van der Waals surface area contributed by atoms with E-state index in [1.165, 1.54) is 0 Å². The molecule has 0 saturated carbocycles. The van der Waals surface area contributed by atoms with Crippen LogP contribution in [-0.2, 0) is 4.74 Å². The second-order valence-corrected chi connectivity index (χ2v) is 10.5. The zero-order valence-electron chi connectivity index (χ0n) is 8.98. The molecule has 0 fully saturated rings. The highest BCUT2D eigenvalue weighted by molar-refractivity contribution is 6.80. The van der Waals surface area contributed by atoms with Crippen LogP contribution in [0.1, 0.15) is 20.8 Å². The van der Waals surface area contributed by atoms with Crippen molar-refractivity contribution in [1.29, 1.82) is 0 Å². The van der Waals surface area contributed by atoms with Gasteiger partial charge in [0.15, 0.2) is 0 Å². The molecular formula is C9H22O2Si. The summed E-state index contributed by atoms with van der Waals surface area (Å²) in [6.45, 7) is 12.1. The molecule has 74 valence electrons. The van der Waals surface area contributed by atoms with E-state index in [1.54, 1.807) is 0 Å². The van der Waals surface area contributed by atoms with Crippen LogP contribution in [0.15, 0.2) is 0 Å². The average Bonchev–Trinajstić information content (AvgIpc) is 1.85. The van der Waals surface area contributed by atoms with E-state index in [4.69, 9.17) is 9.84 Å². The van der Waals surface area contributed by atoms with Crippen molar-refractivity contribution >= 4 is 8.07 Å². The van der Waals surface area contributed by atoms with Crippen LogP contribution in [0, 0.1) is 0 Å². The van der Waals surface area contributed by atoms with E-state index in [-0.39, 0.29) is 6.61 Å². The number of aliphatic hydroxyl groups excluding tert-OH is 1. The molecule has 2 nitrogen and oxygen atoms in total. The van der Waals surface area contributed by atoms with Gasteiger partial charge >= 0.3 is 0 Å². The van der Waals surface area contributed by atoms with Gasteiger partial charge in [-0.3, -0.25) is 0 Å². The van der Waals surface area contributed by atoms with Gasteiger partial charge in [-0.05, 0) is 5.04 Å². The molecule has 0 aliphatic carbocycles. The Labute approximate surface area is 76.9 Å². The zero-order chi connectivity index (χ0) is 9.83. The van der Waals surface area contributed by atoms with E-state index in [0.717, 1.165) is 6.23 Å². The summed E-state index contributed by atoms with van der Waals surface area (Å²) in [5, 5.41) is 8.93. The van der Waals surface area contributed by atoms with Crippen molar-refractivity contribution in [3.05, 3.63) is 0 Å². The molecule has 0 aromatic heterocycles. The highest BCUT2D eigenvalue weighted by Crippen LogP contribution is 2.35. The largest absolute Gasteiger partial charge is 0.394 e. The van der Waals surface area contributed by atoms with E-state index in [1.807, 2.05) is 0 Å². The van der Waals surface area contributed by atoms with E-state index in [9.17, 15) is 0 Å². The second-order valence-electron chi connectivity index (χ2n) is 4.91. The van der Waals surface area contributed by atoms with Crippen molar-refractivity contribution in [3.8, 4) is 0 Å². The molecule has 0 aromatic carbocycles. The van der Waals surface area contributed by atoms with Crippen molar-refractivity contribution in [2.24, 2.45) is 0 Å². The maximum absolute atomic E-state index is 8.56. The first-order valence-corrected chi connectivity index (χ1v) is 7.70. The summed E-state index contributed by atoms with van der Waals surface area (Å²) in [5.74, 6) is 0. The van der Waals surface area contributed by atoms with Crippen LogP contribution in [0.2, 0.25) is 18.1 Å². The number of hydrogen-bond acceptors (Lipinski definition) is 2. The number of hydrogen-bond donors (Lipinski definition) is 1. The smallest absolute Gasteiger partial charge is 0.0829 e. The Bertz CT molecular complexity index is 127. The zero-order valence-corrected chi connectivity index (χ0v) is 9.98. The third-order valence-corrected chi connectivity index (χ3v) is 7.72. The van der Waals surface area contributed by atoms with Crippen molar-refractivity contribution in [3.63, 3.8) is 0 Å². The normalized spacial score (nSPS) is 13.5. The minimum atomic E-state index is -1.28. The molecule has 3 heteroatoms. The van der Waals surface area contributed by atoms with Gasteiger partial charge in [-0.2, -0.15) is 0 Å². The minimum Gasteiger partial charge on any atom is -0.394 e. The summed E-state index contributed by atoms with van der Waals surface area (Å²) in [7, 11) is -1.28. The van der Waals surface area contributed by atoms with Gasteiger partial charge in [0.1, 0.15) is 0 Å². The van der Waals surface area contributed by atoms with Crippen LogP contribution in [0.5, 0.6) is 0 Å². The first kappa shape index (κ1) is 12.1. The quantitative estimate of drug-likeness (QED) is 0.543. The van der Waals surface area contributed by atoms with Crippen LogP contribution in [0.4, 0.5) is 0 Å². The molecule has 0 aliphatic heterocycles. The van der Waals surface area contributed by atoms with E-state index >= 15 is 0 Å². The van der Waals surface area contributed by atoms with Crippen molar-refractivity contribution in [1.82, 2.24) is 0 Å². The van der Waals surface area contributed by atoms with Gasteiger partial charge in [0.25, 0.3) is 0 Å². The van der Waals surface area contributed by atoms with Gasteiger partial charge in [0, 0.05) is 6.23 Å². The van der Waals surface area contributed by atoms with Gasteiger partial charge < -0.3 is 9.84 Å². The van der Waals surface area contributed by atoms with Crippen LogP contribution in [0.25, 0.3) is 0 Å². The fourth-order valence-corrected chi connectivity index (χ4v) is 1.70. The van der Waals surface area contributed by atoms with E-state index in [2.05, 4.69) is 33.9 Å². The lowest BCUT2D eigenvalue weighted by molar-refractivity contribution is 0.117. The second kappa shape index (κ2) is 4.39. The molecule has 0 radical (unpaired) electrons. The van der Waals surface area contributed by atoms with Gasteiger partial charge in [-0.25, -0.2) is 0 Å². The summed E-state index contributed by atoms with van der Waals surface area (Å²) >= 11 is 0.